The number of rotatable bonds is 4. The summed E-state index contributed by atoms with van der Waals surface area (Å²) in [6.45, 7) is 3.70. The summed E-state index contributed by atoms with van der Waals surface area (Å²) in [5, 5.41) is 21.5. The summed E-state index contributed by atoms with van der Waals surface area (Å²) in [7, 11) is 0. The van der Waals surface area contributed by atoms with Crippen LogP contribution in [-0.4, -0.2) is 50.4 Å². The van der Waals surface area contributed by atoms with E-state index in [2.05, 4.69) is 20.1 Å². The van der Waals surface area contributed by atoms with Gasteiger partial charge in [-0.05, 0) is 13.0 Å². The topological polar surface area (TPSA) is 86.2 Å². The number of nitrogens with one attached hydrogen (secondary N) is 2. The molecule has 0 spiro atoms. The van der Waals surface area contributed by atoms with Crippen molar-refractivity contribution in [2.75, 3.05) is 25.0 Å². The van der Waals surface area contributed by atoms with Gasteiger partial charge in [0.1, 0.15) is 6.61 Å². The molecule has 3 heterocycles. The third-order valence-corrected chi connectivity index (χ3v) is 5.68. The van der Waals surface area contributed by atoms with Crippen LogP contribution < -0.4 is 5.32 Å². The van der Waals surface area contributed by atoms with E-state index in [-0.39, 0.29) is 5.91 Å². The monoisotopic (exact) mass is 407 g/mol. The number of hydrogen-bond acceptors (Lipinski definition) is 4. The van der Waals surface area contributed by atoms with E-state index in [9.17, 15) is 9.90 Å². The van der Waals surface area contributed by atoms with Crippen LogP contribution in [0.4, 0.5) is 5.69 Å². The number of nitrogens with zero attached hydrogens (tertiary/aromatic N) is 3. The number of H-pyrrole nitrogens is 1. The van der Waals surface area contributed by atoms with Gasteiger partial charge in [-0.3, -0.25) is 9.89 Å². The first-order chi connectivity index (χ1) is 13.1. The molecular formula is C18H19Cl2N5O2. The van der Waals surface area contributed by atoms with Gasteiger partial charge >= 0.3 is 0 Å². The van der Waals surface area contributed by atoms with E-state index in [1.165, 1.54) is 0 Å². The summed E-state index contributed by atoms with van der Waals surface area (Å²) in [6.07, 6.45) is 3.57. The Balaban J connectivity index is 2.05. The van der Waals surface area contributed by atoms with Gasteiger partial charge in [-0.2, -0.15) is 5.10 Å². The third kappa shape index (κ3) is 2.86. The number of benzene rings is 1. The van der Waals surface area contributed by atoms with Crippen molar-refractivity contribution >= 4 is 45.7 Å². The highest BCUT2D eigenvalue weighted by molar-refractivity contribution is 6.46. The fraction of sp³-hybridized carbons (Fsp3) is 0.333. The van der Waals surface area contributed by atoms with Crippen molar-refractivity contribution in [2.24, 2.45) is 0 Å². The van der Waals surface area contributed by atoms with Crippen LogP contribution in [-0.2, 0) is 17.9 Å². The molecule has 0 aliphatic carbocycles. The summed E-state index contributed by atoms with van der Waals surface area (Å²) in [5.74, 6) is -0.291. The van der Waals surface area contributed by atoms with Gasteiger partial charge in [0.05, 0.1) is 28.3 Å². The minimum Gasteiger partial charge on any atom is -0.387 e. The smallest absolute Gasteiger partial charge is 0.248 e. The maximum atomic E-state index is 12.1. The van der Waals surface area contributed by atoms with Crippen LogP contribution in [0.1, 0.15) is 12.6 Å². The molecule has 1 aliphatic heterocycles. The second-order valence-corrected chi connectivity index (χ2v) is 7.19. The zero-order valence-electron chi connectivity index (χ0n) is 14.7. The quantitative estimate of drug-likeness (QED) is 0.619. The van der Waals surface area contributed by atoms with Gasteiger partial charge < -0.3 is 19.9 Å². The average Bonchev–Trinajstić information content (AvgIpc) is 3.30. The standard InChI is InChI=1S/C18H19Cl2N5O2/c1-2-21-12-5-11(19)17(20)18-16(12)15(10-6-22-23-7-10)13-8-24(14(27)9-26)3-4-25(13)18/h5-7,21,26H,2-4,8-9H2,1H3,(H,22,23). The Bertz CT molecular complexity index is 1010. The molecule has 0 saturated heterocycles. The molecule has 3 N–H and O–H groups in total. The minimum absolute atomic E-state index is 0.291. The van der Waals surface area contributed by atoms with Gasteiger partial charge in [-0.1, -0.05) is 23.2 Å². The molecule has 7 nitrogen and oxygen atoms in total. The Labute approximate surface area is 165 Å². The Morgan fingerprint density at radius 3 is 2.89 bits per heavy atom. The van der Waals surface area contributed by atoms with Crippen molar-refractivity contribution in [3.8, 4) is 11.1 Å². The molecule has 9 heteroatoms. The van der Waals surface area contributed by atoms with Crippen molar-refractivity contribution in [3.05, 3.63) is 34.2 Å². The lowest BCUT2D eigenvalue weighted by Crippen LogP contribution is -2.39. The molecule has 2 aromatic heterocycles. The summed E-state index contributed by atoms with van der Waals surface area (Å²) in [4.78, 5) is 13.7. The van der Waals surface area contributed by atoms with Crippen molar-refractivity contribution in [2.45, 2.75) is 20.0 Å². The lowest BCUT2D eigenvalue weighted by atomic mass is 10.0. The molecule has 0 atom stereocenters. The van der Waals surface area contributed by atoms with Crippen LogP contribution in [0.5, 0.6) is 0 Å². The van der Waals surface area contributed by atoms with Crippen LogP contribution in [0.15, 0.2) is 18.5 Å². The SMILES string of the molecule is CCNc1cc(Cl)c(Cl)c2c1c(-c1cn[nH]c1)c1n2CCN(C(=O)CO)C1. The Kier molecular flexibility index (Phi) is 4.75. The zero-order valence-corrected chi connectivity index (χ0v) is 16.2. The molecule has 3 aromatic rings. The molecule has 0 fully saturated rings. The summed E-state index contributed by atoms with van der Waals surface area (Å²) in [5.41, 5.74) is 4.55. The van der Waals surface area contributed by atoms with Crippen molar-refractivity contribution in [1.82, 2.24) is 19.7 Å². The number of aromatic amines is 1. The number of carbonyl (C=O) groups excluding carboxylic acids is 1. The summed E-state index contributed by atoms with van der Waals surface area (Å²) < 4.78 is 2.12. The first-order valence-corrected chi connectivity index (χ1v) is 9.47. The number of aromatic nitrogens is 3. The molecule has 1 aromatic carbocycles. The maximum absolute atomic E-state index is 12.1. The van der Waals surface area contributed by atoms with Gasteiger partial charge in [0, 0.05) is 53.7 Å². The molecule has 1 amide bonds. The van der Waals surface area contributed by atoms with Crippen LogP contribution in [0.25, 0.3) is 22.0 Å². The Morgan fingerprint density at radius 2 is 2.22 bits per heavy atom. The van der Waals surface area contributed by atoms with Crippen LogP contribution >= 0.6 is 23.2 Å². The van der Waals surface area contributed by atoms with Crippen molar-refractivity contribution in [3.63, 3.8) is 0 Å². The van der Waals surface area contributed by atoms with E-state index in [0.717, 1.165) is 40.0 Å². The number of hydrogen-bond donors (Lipinski definition) is 3. The van der Waals surface area contributed by atoms with Gasteiger partial charge in [0.2, 0.25) is 5.91 Å². The fourth-order valence-corrected chi connectivity index (χ4v) is 4.22. The van der Waals surface area contributed by atoms with Crippen molar-refractivity contribution in [1.29, 1.82) is 0 Å². The number of aliphatic hydroxyl groups excluding tert-OH is 1. The lowest BCUT2D eigenvalue weighted by molar-refractivity contribution is -0.135. The fourth-order valence-electron chi connectivity index (χ4n) is 3.77. The molecule has 142 valence electrons. The molecule has 27 heavy (non-hydrogen) atoms. The molecule has 0 saturated carbocycles. The highest BCUT2D eigenvalue weighted by atomic mass is 35.5. The van der Waals surface area contributed by atoms with E-state index in [1.807, 2.05) is 19.2 Å². The average molecular weight is 408 g/mol. The predicted molar refractivity (Wildman–Crippen MR) is 106 cm³/mol. The van der Waals surface area contributed by atoms with Crippen molar-refractivity contribution < 1.29 is 9.90 Å². The number of amides is 1. The first-order valence-electron chi connectivity index (χ1n) is 8.71. The molecule has 0 bridgehead atoms. The maximum Gasteiger partial charge on any atom is 0.248 e. The van der Waals surface area contributed by atoms with E-state index < -0.39 is 6.61 Å². The number of fused-ring (bicyclic) bond motifs is 3. The van der Waals surface area contributed by atoms with Gasteiger partial charge in [0.25, 0.3) is 0 Å². The molecule has 0 radical (unpaired) electrons. The summed E-state index contributed by atoms with van der Waals surface area (Å²) in [6, 6.07) is 1.84. The number of anilines is 1. The number of halogens is 2. The zero-order chi connectivity index (χ0) is 19.1. The normalized spacial score (nSPS) is 13.9. The second-order valence-electron chi connectivity index (χ2n) is 6.41. The van der Waals surface area contributed by atoms with Crippen LogP contribution in [0, 0.1) is 0 Å². The van der Waals surface area contributed by atoms with E-state index in [0.29, 0.717) is 29.7 Å². The molecule has 0 unspecified atom stereocenters. The second kappa shape index (κ2) is 7.07. The predicted octanol–water partition coefficient (Wildman–Crippen LogP) is 3.10. The van der Waals surface area contributed by atoms with Gasteiger partial charge in [-0.25, -0.2) is 0 Å². The Morgan fingerprint density at radius 1 is 1.41 bits per heavy atom. The molecule has 1 aliphatic rings. The van der Waals surface area contributed by atoms with E-state index in [4.69, 9.17) is 23.2 Å². The number of carbonyl (C=O) groups is 1. The van der Waals surface area contributed by atoms with E-state index >= 15 is 0 Å². The Hall–Kier alpha value is -2.22. The van der Waals surface area contributed by atoms with Gasteiger partial charge in [0.15, 0.2) is 0 Å². The van der Waals surface area contributed by atoms with Crippen LogP contribution in [0.3, 0.4) is 0 Å². The van der Waals surface area contributed by atoms with E-state index in [1.54, 1.807) is 11.1 Å². The largest absolute Gasteiger partial charge is 0.387 e. The first kappa shape index (κ1) is 18.2. The summed E-state index contributed by atoms with van der Waals surface area (Å²) >= 11 is 13.0. The molecule has 4 rings (SSSR count). The van der Waals surface area contributed by atoms with Crippen LogP contribution in [0.2, 0.25) is 10.0 Å². The highest BCUT2D eigenvalue weighted by Crippen LogP contribution is 2.46. The van der Waals surface area contributed by atoms with Gasteiger partial charge in [-0.15, -0.1) is 0 Å². The number of aliphatic hydroxyl groups is 1. The lowest BCUT2D eigenvalue weighted by Gasteiger charge is -2.29. The minimum atomic E-state index is -0.503. The third-order valence-electron chi connectivity index (χ3n) is 4.91. The highest BCUT2D eigenvalue weighted by Gasteiger charge is 2.30. The molecular weight excluding hydrogens is 389 g/mol.